The average molecular weight is 431 g/mol. The van der Waals surface area contributed by atoms with Crippen molar-refractivity contribution in [2.24, 2.45) is 0 Å². The van der Waals surface area contributed by atoms with Crippen LogP contribution in [0.3, 0.4) is 0 Å². The summed E-state index contributed by atoms with van der Waals surface area (Å²) in [5, 5.41) is 4.87. The molecule has 1 aliphatic heterocycles. The normalized spacial score (nSPS) is 14.5. The number of H-pyrrole nitrogens is 1. The number of benzene rings is 1. The molecule has 164 valence electrons. The molecule has 9 nitrogen and oxygen atoms in total. The van der Waals surface area contributed by atoms with E-state index in [0.717, 1.165) is 49.2 Å². The number of anilines is 2. The highest BCUT2D eigenvalue weighted by molar-refractivity contribution is 5.76. The van der Waals surface area contributed by atoms with Crippen LogP contribution >= 0.6 is 0 Å². The van der Waals surface area contributed by atoms with E-state index < -0.39 is 0 Å². The molecule has 4 heterocycles. The minimum atomic E-state index is -0.178. The number of rotatable bonds is 4. The number of nitrogens with zero attached hydrogens (tertiary/aromatic N) is 7. The van der Waals surface area contributed by atoms with Crippen LogP contribution in [0.25, 0.3) is 16.7 Å². The van der Waals surface area contributed by atoms with E-state index in [2.05, 4.69) is 38.7 Å². The highest BCUT2D eigenvalue weighted by Crippen LogP contribution is 2.21. The Labute approximate surface area is 185 Å². The molecule has 1 aliphatic rings. The van der Waals surface area contributed by atoms with Crippen molar-refractivity contribution in [3.05, 3.63) is 64.5 Å². The van der Waals surface area contributed by atoms with Gasteiger partial charge in [-0.25, -0.2) is 14.6 Å². The first-order chi connectivity index (χ1) is 15.5. The summed E-state index contributed by atoms with van der Waals surface area (Å²) in [7, 11) is 0. The Kier molecular flexibility index (Phi) is 5.08. The van der Waals surface area contributed by atoms with Crippen LogP contribution in [-0.4, -0.2) is 55.9 Å². The number of fused-ring (bicyclic) bond motifs is 1. The number of aryl methyl sites for hydroxylation is 1. The van der Waals surface area contributed by atoms with Gasteiger partial charge in [0.15, 0.2) is 5.65 Å². The van der Waals surface area contributed by atoms with Crippen LogP contribution in [0.5, 0.6) is 0 Å². The smallest absolute Gasteiger partial charge is 0.263 e. The van der Waals surface area contributed by atoms with Gasteiger partial charge in [-0.2, -0.15) is 10.1 Å². The second kappa shape index (κ2) is 8.07. The van der Waals surface area contributed by atoms with E-state index in [1.165, 1.54) is 0 Å². The Hall–Kier alpha value is -3.75. The van der Waals surface area contributed by atoms with E-state index in [1.54, 1.807) is 10.9 Å². The molecule has 0 atom stereocenters. The highest BCUT2D eigenvalue weighted by Gasteiger charge is 2.22. The van der Waals surface area contributed by atoms with Crippen molar-refractivity contribution < 1.29 is 0 Å². The second-order valence-corrected chi connectivity index (χ2v) is 8.37. The molecule has 9 heteroatoms. The van der Waals surface area contributed by atoms with Gasteiger partial charge < -0.3 is 9.80 Å². The van der Waals surface area contributed by atoms with E-state index in [4.69, 9.17) is 9.97 Å². The lowest BCUT2D eigenvalue weighted by Gasteiger charge is -2.35. The molecule has 4 aromatic rings. The molecule has 32 heavy (non-hydrogen) atoms. The molecule has 0 amide bonds. The lowest BCUT2D eigenvalue weighted by Crippen LogP contribution is -2.47. The molecule has 0 bridgehead atoms. The molecule has 0 saturated carbocycles. The van der Waals surface area contributed by atoms with Crippen LogP contribution in [0.4, 0.5) is 11.8 Å². The number of hydrogen-bond donors (Lipinski definition) is 1. The van der Waals surface area contributed by atoms with Crippen molar-refractivity contribution in [1.29, 1.82) is 0 Å². The zero-order valence-corrected chi connectivity index (χ0v) is 18.5. The number of hydrogen-bond acceptors (Lipinski definition) is 7. The van der Waals surface area contributed by atoms with Crippen LogP contribution in [0.1, 0.15) is 31.3 Å². The van der Waals surface area contributed by atoms with Crippen LogP contribution < -0.4 is 15.4 Å². The topological polar surface area (TPSA) is 95.8 Å². The highest BCUT2D eigenvalue weighted by atomic mass is 16.1. The van der Waals surface area contributed by atoms with E-state index in [-0.39, 0.29) is 11.5 Å². The first kappa shape index (κ1) is 20.2. The number of aromatic amines is 1. The molecule has 1 aromatic carbocycles. The monoisotopic (exact) mass is 430 g/mol. The van der Waals surface area contributed by atoms with Gasteiger partial charge in [0.2, 0.25) is 5.95 Å². The lowest BCUT2D eigenvalue weighted by molar-refractivity contribution is 0.629. The summed E-state index contributed by atoms with van der Waals surface area (Å²) in [6, 6.07) is 11.8. The fraction of sp³-hybridized carbons (Fsp3) is 0.348. The van der Waals surface area contributed by atoms with Gasteiger partial charge in [-0.15, -0.1) is 0 Å². The minimum absolute atomic E-state index is 0.178. The Morgan fingerprint density at radius 1 is 0.969 bits per heavy atom. The van der Waals surface area contributed by atoms with Gasteiger partial charge in [-0.1, -0.05) is 32.0 Å². The summed E-state index contributed by atoms with van der Waals surface area (Å²) in [4.78, 5) is 34.1. The SMILES string of the molecule is Cc1cc(N2CCN(c3nc4c(cnn4-c4ccccc4)c(=O)[nH]3)CC2)nc(C(C)C)n1. The van der Waals surface area contributed by atoms with Crippen molar-refractivity contribution in [3.63, 3.8) is 0 Å². The van der Waals surface area contributed by atoms with Gasteiger partial charge in [0, 0.05) is 43.9 Å². The van der Waals surface area contributed by atoms with E-state index in [1.807, 2.05) is 43.3 Å². The first-order valence-electron chi connectivity index (χ1n) is 10.9. The Balaban J connectivity index is 1.40. The fourth-order valence-corrected chi connectivity index (χ4v) is 3.96. The Morgan fingerprint density at radius 3 is 2.41 bits per heavy atom. The van der Waals surface area contributed by atoms with Crippen molar-refractivity contribution in [2.75, 3.05) is 36.0 Å². The van der Waals surface area contributed by atoms with Crippen LogP contribution in [0.2, 0.25) is 0 Å². The predicted molar refractivity (Wildman–Crippen MR) is 125 cm³/mol. The number of para-hydroxylation sites is 1. The van der Waals surface area contributed by atoms with Gasteiger partial charge in [-0.05, 0) is 19.1 Å². The van der Waals surface area contributed by atoms with Crippen LogP contribution in [-0.2, 0) is 0 Å². The third-order valence-electron chi connectivity index (χ3n) is 5.70. The van der Waals surface area contributed by atoms with Gasteiger partial charge in [0.1, 0.15) is 17.0 Å². The second-order valence-electron chi connectivity index (χ2n) is 8.37. The van der Waals surface area contributed by atoms with E-state index >= 15 is 0 Å². The minimum Gasteiger partial charge on any atom is -0.353 e. The molecule has 0 radical (unpaired) electrons. The summed E-state index contributed by atoms with van der Waals surface area (Å²) in [5.41, 5.74) is 2.23. The third-order valence-corrected chi connectivity index (χ3v) is 5.70. The molecule has 1 saturated heterocycles. The zero-order chi connectivity index (χ0) is 22.2. The van der Waals surface area contributed by atoms with Crippen molar-refractivity contribution in [1.82, 2.24) is 29.7 Å². The predicted octanol–water partition coefficient (Wildman–Crippen LogP) is 2.66. The standard InChI is InChI=1S/C23H26N8O/c1-15(2)20-25-16(3)13-19(26-20)29-9-11-30(12-10-29)23-27-21-18(22(32)28-23)14-24-31(21)17-7-5-4-6-8-17/h4-8,13-15H,9-12H2,1-3H3,(H,27,28,32). The quantitative estimate of drug-likeness (QED) is 0.532. The molecule has 0 aliphatic carbocycles. The molecule has 1 N–H and O–H groups in total. The van der Waals surface area contributed by atoms with Gasteiger partial charge >= 0.3 is 0 Å². The van der Waals surface area contributed by atoms with Crippen molar-refractivity contribution in [3.8, 4) is 5.69 Å². The van der Waals surface area contributed by atoms with Gasteiger partial charge in [0.05, 0.1) is 11.9 Å². The zero-order valence-electron chi connectivity index (χ0n) is 18.5. The summed E-state index contributed by atoms with van der Waals surface area (Å²) >= 11 is 0. The molecule has 1 fully saturated rings. The maximum Gasteiger partial charge on any atom is 0.263 e. The maximum absolute atomic E-state index is 12.7. The fourth-order valence-electron chi connectivity index (χ4n) is 3.96. The van der Waals surface area contributed by atoms with Gasteiger partial charge in [-0.3, -0.25) is 9.78 Å². The molecular weight excluding hydrogens is 404 g/mol. The van der Waals surface area contributed by atoms with Crippen molar-refractivity contribution in [2.45, 2.75) is 26.7 Å². The summed E-state index contributed by atoms with van der Waals surface area (Å²) < 4.78 is 1.71. The molecule has 0 spiro atoms. The average Bonchev–Trinajstić information content (AvgIpc) is 3.24. The van der Waals surface area contributed by atoms with Crippen molar-refractivity contribution >= 4 is 22.8 Å². The number of nitrogens with one attached hydrogen (secondary N) is 1. The molecular formula is C23H26N8O. The van der Waals surface area contributed by atoms with E-state index in [9.17, 15) is 4.79 Å². The molecule has 0 unspecified atom stereocenters. The number of aromatic nitrogens is 6. The molecule has 3 aromatic heterocycles. The van der Waals surface area contributed by atoms with E-state index in [0.29, 0.717) is 17.0 Å². The first-order valence-corrected chi connectivity index (χ1v) is 10.9. The van der Waals surface area contributed by atoms with Gasteiger partial charge in [0.25, 0.3) is 5.56 Å². The van der Waals surface area contributed by atoms with Crippen LogP contribution in [0.15, 0.2) is 47.4 Å². The maximum atomic E-state index is 12.7. The number of piperazine rings is 1. The summed E-state index contributed by atoms with van der Waals surface area (Å²) in [6.45, 7) is 9.25. The summed E-state index contributed by atoms with van der Waals surface area (Å²) in [5.74, 6) is 2.68. The molecule has 5 rings (SSSR count). The largest absolute Gasteiger partial charge is 0.353 e. The third kappa shape index (κ3) is 3.70. The Morgan fingerprint density at radius 2 is 1.69 bits per heavy atom. The lowest BCUT2D eigenvalue weighted by atomic mass is 10.2. The summed E-state index contributed by atoms with van der Waals surface area (Å²) in [6.07, 6.45) is 1.57. The van der Waals surface area contributed by atoms with Crippen LogP contribution in [0, 0.1) is 6.92 Å². The Bertz CT molecular complexity index is 1300.